The number of hydrogen-bond donors (Lipinski definition) is 0. The molecule has 0 spiro atoms. The lowest BCUT2D eigenvalue weighted by Gasteiger charge is -2.18. The molecule has 22 heavy (non-hydrogen) atoms. The Balaban J connectivity index is -0.000000115. The van der Waals surface area contributed by atoms with Gasteiger partial charge < -0.3 is 4.74 Å². The number of alkyl halides is 9. The first kappa shape index (κ1) is 28.9. The molecular weight excluding hydrogens is 335 g/mol. The van der Waals surface area contributed by atoms with Gasteiger partial charge in [0.05, 0.1) is 5.41 Å². The normalized spacial score (nSPS) is 10.0. The van der Waals surface area contributed by atoms with Crippen LogP contribution < -0.4 is 0 Å². The molecular formula is C11H19F9O2. The zero-order valence-corrected chi connectivity index (χ0v) is 12.3. The van der Waals surface area contributed by atoms with E-state index < -0.39 is 45.0 Å². The third-order valence-corrected chi connectivity index (χ3v) is 1.77. The molecule has 0 rings (SSSR count). The number of carbonyl (C=O) groups is 1. The summed E-state index contributed by atoms with van der Waals surface area (Å²) in [6, 6.07) is 0. The van der Waals surface area contributed by atoms with Gasteiger partial charge in [-0.15, -0.1) is 0 Å². The average molecular weight is 354 g/mol. The molecule has 0 fully saturated rings. The van der Waals surface area contributed by atoms with Crippen LogP contribution in [-0.4, -0.2) is 39.5 Å². The molecule has 0 aromatic carbocycles. The van der Waals surface area contributed by atoms with Crippen molar-refractivity contribution in [3.8, 4) is 0 Å². The Bertz CT molecular complexity index is 230. The van der Waals surface area contributed by atoms with Gasteiger partial charge in [0, 0.05) is 0 Å². The molecule has 0 aliphatic rings. The van der Waals surface area contributed by atoms with Crippen LogP contribution in [0.2, 0.25) is 0 Å². The number of hydrogen-bond acceptors (Lipinski definition) is 2. The van der Waals surface area contributed by atoms with Gasteiger partial charge in [0.2, 0.25) is 20.7 Å². The molecule has 0 aliphatic heterocycles. The first-order valence-corrected chi connectivity index (χ1v) is 5.53. The molecule has 0 bridgehead atoms. The third-order valence-electron chi connectivity index (χ3n) is 1.77. The lowest BCUT2D eigenvalue weighted by molar-refractivity contribution is -0.158. The molecule has 0 N–H and O–H groups in total. The van der Waals surface area contributed by atoms with E-state index in [1.807, 2.05) is 6.92 Å². The van der Waals surface area contributed by atoms with Gasteiger partial charge in [-0.1, -0.05) is 6.92 Å². The fraction of sp³-hybridized carbons (Fsp3) is 0.909. The molecule has 11 heteroatoms. The van der Waals surface area contributed by atoms with E-state index >= 15 is 0 Å². The van der Waals surface area contributed by atoms with Crippen molar-refractivity contribution in [2.24, 2.45) is 5.41 Å². The summed E-state index contributed by atoms with van der Waals surface area (Å²) < 4.78 is 95.8. The summed E-state index contributed by atoms with van der Waals surface area (Å²) in [4.78, 5) is 10.8. The fourth-order valence-electron chi connectivity index (χ4n) is 0.389. The van der Waals surface area contributed by atoms with Gasteiger partial charge in [-0.05, 0) is 20.3 Å². The van der Waals surface area contributed by atoms with Gasteiger partial charge in [0.25, 0.3) is 0 Å². The standard InChI is InChI=1S/C7H13FO2.C2H2F4.2CH2F2/c1-4-7(2,3)6(9)10-5-8;3-1-2(4,5)6;2*2-1-3/h4-5H2,1-3H3;1H2;2*1H2. The molecule has 0 atom stereocenters. The molecule has 0 heterocycles. The van der Waals surface area contributed by atoms with Crippen molar-refractivity contribution in [1.29, 1.82) is 0 Å². The number of halogens is 9. The minimum Gasteiger partial charge on any atom is -0.433 e. The van der Waals surface area contributed by atoms with Crippen LogP contribution in [0.5, 0.6) is 0 Å². The van der Waals surface area contributed by atoms with Crippen LogP contribution in [0.1, 0.15) is 27.2 Å². The number of esters is 1. The Morgan fingerprint density at radius 3 is 1.32 bits per heavy atom. The third kappa shape index (κ3) is 31.3. The van der Waals surface area contributed by atoms with Gasteiger partial charge in [0.1, 0.15) is 0 Å². The first-order valence-electron chi connectivity index (χ1n) is 5.53. The second-order valence-electron chi connectivity index (χ2n) is 3.73. The van der Waals surface area contributed by atoms with Crippen LogP contribution in [0.25, 0.3) is 0 Å². The summed E-state index contributed by atoms with van der Waals surface area (Å²) in [6.45, 7) is -1.44. The smallest absolute Gasteiger partial charge is 0.416 e. The van der Waals surface area contributed by atoms with Crippen molar-refractivity contribution in [2.45, 2.75) is 33.4 Å². The maximum absolute atomic E-state index is 11.5. The van der Waals surface area contributed by atoms with E-state index in [9.17, 15) is 44.3 Å². The predicted molar refractivity (Wildman–Crippen MR) is 62.3 cm³/mol. The molecule has 0 amide bonds. The first-order chi connectivity index (χ1) is 9.93. The zero-order chi connectivity index (χ0) is 18.8. The molecule has 0 saturated heterocycles. The second-order valence-corrected chi connectivity index (χ2v) is 3.73. The van der Waals surface area contributed by atoms with Crippen LogP contribution in [0, 0.1) is 5.41 Å². The van der Waals surface area contributed by atoms with E-state index in [1.165, 1.54) is 0 Å². The summed E-state index contributed by atoms with van der Waals surface area (Å²) >= 11 is 0. The van der Waals surface area contributed by atoms with Crippen LogP contribution in [-0.2, 0) is 9.53 Å². The fourth-order valence-corrected chi connectivity index (χ4v) is 0.389. The van der Waals surface area contributed by atoms with Gasteiger partial charge in [-0.2, -0.15) is 13.2 Å². The Morgan fingerprint density at radius 1 is 0.909 bits per heavy atom. The van der Waals surface area contributed by atoms with Gasteiger partial charge in [-0.25, -0.2) is 26.3 Å². The highest BCUT2D eigenvalue weighted by Crippen LogP contribution is 2.21. The van der Waals surface area contributed by atoms with Crippen molar-refractivity contribution >= 4 is 5.97 Å². The average Bonchev–Trinajstić information content (AvgIpc) is 2.40. The van der Waals surface area contributed by atoms with Gasteiger partial charge in [-0.3, -0.25) is 4.79 Å². The summed E-state index contributed by atoms with van der Waals surface area (Å²) in [5, 5.41) is 0. The molecule has 0 unspecified atom stereocenters. The monoisotopic (exact) mass is 354 g/mol. The summed E-state index contributed by atoms with van der Waals surface area (Å²) in [5.74, 6) is -0.475. The van der Waals surface area contributed by atoms with Crippen molar-refractivity contribution in [3.05, 3.63) is 0 Å². The van der Waals surface area contributed by atoms with Crippen molar-refractivity contribution in [1.82, 2.24) is 0 Å². The maximum atomic E-state index is 11.5. The van der Waals surface area contributed by atoms with E-state index in [4.69, 9.17) is 0 Å². The summed E-state index contributed by atoms with van der Waals surface area (Å²) in [6.07, 6.45) is -3.97. The SMILES string of the molecule is CCC(C)(C)C(=O)OCF.FCC(F)(F)F.FCF.FCF. The second kappa shape index (κ2) is 17.9. The van der Waals surface area contributed by atoms with Crippen LogP contribution in [0.15, 0.2) is 0 Å². The topological polar surface area (TPSA) is 26.3 Å². The summed E-state index contributed by atoms with van der Waals surface area (Å²) in [7, 11) is 0. The minimum atomic E-state index is -4.62. The quantitative estimate of drug-likeness (QED) is 0.516. The van der Waals surface area contributed by atoms with Crippen LogP contribution in [0.4, 0.5) is 39.5 Å². The number of rotatable bonds is 3. The van der Waals surface area contributed by atoms with Gasteiger partial charge in [0.15, 0.2) is 6.67 Å². The van der Waals surface area contributed by atoms with E-state index in [0.717, 1.165) is 0 Å². The number of ether oxygens (including phenoxy) is 1. The highest BCUT2D eigenvalue weighted by Gasteiger charge is 2.27. The molecule has 0 aromatic heterocycles. The van der Waals surface area contributed by atoms with Crippen molar-refractivity contribution in [2.75, 3.05) is 27.4 Å². The maximum Gasteiger partial charge on any atom is 0.416 e. The lowest BCUT2D eigenvalue weighted by atomic mass is 9.91. The highest BCUT2D eigenvalue weighted by atomic mass is 19.4. The van der Waals surface area contributed by atoms with E-state index in [1.54, 1.807) is 13.8 Å². The molecule has 2 nitrogen and oxygen atoms in total. The number of carbonyl (C=O) groups excluding carboxylic acids is 1. The minimum absolute atomic E-state index is 0.475. The largest absolute Gasteiger partial charge is 0.433 e. The molecule has 0 radical (unpaired) electrons. The Labute approximate surface area is 122 Å². The Kier molecular flexibility index (Phi) is 23.5. The molecule has 0 aliphatic carbocycles. The predicted octanol–water partition coefficient (Wildman–Crippen LogP) is 5.18. The van der Waals surface area contributed by atoms with Crippen LogP contribution in [0.3, 0.4) is 0 Å². The van der Waals surface area contributed by atoms with Gasteiger partial charge >= 0.3 is 12.1 Å². The van der Waals surface area contributed by atoms with Crippen molar-refractivity contribution < 1.29 is 49.0 Å². The molecule has 0 aromatic rings. The van der Waals surface area contributed by atoms with E-state index in [2.05, 4.69) is 4.74 Å². The highest BCUT2D eigenvalue weighted by molar-refractivity contribution is 5.75. The molecule has 0 saturated carbocycles. The van der Waals surface area contributed by atoms with E-state index in [0.29, 0.717) is 6.42 Å². The zero-order valence-electron chi connectivity index (χ0n) is 12.3. The van der Waals surface area contributed by atoms with Crippen LogP contribution >= 0.6 is 0 Å². The molecule has 138 valence electrons. The van der Waals surface area contributed by atoms with Crippen molar-refractivity contribution in [3.63, 3.8) is 0 Å². The Morgan fingerprint density at radius 2 is 1.18 bits per heavy atom. The summed E-state index contributed by atoms with van der Waals surface area (Å²) in [5.41, 5.74) is -0.550. The lowest BCUT2D eigenvalue weighted by Crippen LogP contribution is -2.25. The Hall–Kier alpha value is -1.16. The van der Waals surface area contributed by atoms with E-state index in [-0.39, 0.29) is 0 Å².